The molecule has 4 nitrogen and oxygen atoms in total. The lowest BCUT2D eigenvalue weighted by Crippen LogP contribution is -2.12. The number of fused-ring (bicyclic) bond motifs is 1. The Balaban J connectivity index is 2.33. The first-order valence-corrected chi connectivity index (χ1v) is 6.39. The summed E-state index contributed by atoms with van der Waals surface area (Å²) in [6.07, 6.45) is 3.40. The highest BCUT2D eigenvalue weighted by Crippen LogP contribution is 2.37. The Labute approximate surface area is 86.6 Å². The Hall–Kier alpha value is -0.590. The Morgan fingerprint density at radius 2 is 2.29 bits per heavy atom. The number of hydrogen-bond donors (Lipinski definition) is 1. The molecule has 0 fully saturated rings. The standard InChI is InChI=1S/C8H9NO3S2/c1-5-9-7-3-2-6(14(10,11)12)4-8(7)13-5/h2-3,8H,4H2,1H3,(H,10,11,12). The normalized spacial score (nSPS) is 26.4. The van der Waals surface area contributed by atoms with Crippen molar-refractivity contribution in [1.82, 2.24) is 0 Å². The van der Waals surface area contributed by atoms with Crippen molar-refractivity contribution >= 4 is 26.9 Å². The highest BCUT2D eigenvalue weighted by atomic mass is 32.2. The second-order valence-corrected chi connectivity index (χ2v) is 6.01. The van der Waals surface area contributed by atoms with Crippen LogP contribution in [0.15, 0.2) is 27.7 Å². The minimum absolute atomic E-state index is 0.0527. The van der Waals surface area contributed by atoms with Gasteiger partial charge in [-0.1, -0.05) is 0 Å². The Bertz CT molecular complexity index is 459. The van der Waals surface area contributed by atoms with E-state index in [0.717, 1.165) is 10.7 Å². The first-order chi connectivity index (χ1) is 6.47. The summed E-state index contributed by atoms with van der Waals surface area (Å²) in [4.78, 5) is 4.32. The first kappa shape index (κ1) is 9.95. The smallest absolute Gasteiger partial charge is 0.282 e. The predicted octanol–water partition coefficient (Wildman–Crippen LogP) is 1.58. The third-order valence-electron chi connectivity index (χ3n) is 2.09. The lowest BCUT2D eigenvalue weighted by molar-refractivity contribution is 0.489. The summed E-state index contributed by atoms with van der Waals surface area (Å²) < 4.78 is 30.6. The second kappa shape index (κ2) is 3.22. The monoisotopic (exact) mass is 231 g/mol. The zero-order valence-electron chi connectivity index (χ0n) is 7.47. The number of thioether (sulfide) groups is 1. The molecule has 1 heterocycles. The van der Waals surface area contributed by atoms with Crippen LogP contribution >= 0.6 is 11.8 Å². The zero-order valence-corrected chi connectivity index (χ0v) is 9.10. The second-order valence-electron chi connectivity index (χ2n) is 3.14. The number of aliphatic imine (C=N–C) groups is 1. The SMILES string of the molecule is CC1=NC2=CC=C(S(=O)(=O)O)CC2S1. The third kappa shape index (κ3) is 1.77. The summed E-state index contributed by atoms with van der Waals surface area (Å²) in [6.45, 7) is 1.89. The van der Waals surface area contributed by atoms with Gasteiger partial charge < -0.3 is 0 Å². The largest absolute Gasteiger partial charge is 0.290 e. The molecule has 2 aliphatic rings. The molecule has 2 rings (SSSR count). The van der Waals surface area contributed by atoms with Crippen molar-refractivity contribution in [1.29, 1.82) is 0 Å². The molecule has 6 heteroatoms. The van der Waals surface area contributed by atoms with E-state index in [1.165, 1.54) is 17.8 Å². The van der Waals surface area contributed by atoms with Crippen LogP contribution in [0.25, 0.3) is 0 Å². The van der Waals surface area contributed by atoms with Crippen molar-refractivity contribution in [2.24, 2.45) is 4.99 Å². The van der Waals surface area contributed by atoms with Gasteiger partial charge >= 0.3 is 0 Å². The van der Waals surface area contributed by atoms with Crippen LogP contribution in [-0.4, -0.2) is 23.3 Å². The maximum Gasteiger partial charge on any atom is 0.290 e. The van der Waals surface area contributed by atoms with Gasteiger partial charge in [0.05, 0.1) is 20.9 Å². The molecule has 1 N–H and O–H groups in total. The van der Waals surface area contributed by atoms with E-state index in [2.05, 4.69) is 4.99 Å². The fraction of sp³-hybridized carbons (Fsp3) is 0.375. The summed E-state index contributed by atoms with van der Waals surface area (Å²) in [5.41, 5.74) is 0.889. The number of nitrogens with zero attached hydrogens (tertiary/aromatic N) is 1. The van der Waals surface area contributed by atoms with Gasteiger partial charge in [0.2, 0.25) is 0 Å². The highest BCUT2D eigenvalue weighted by molar-refractivity contribution is 8.14. The van der Waals surface area contributed by atoms with E-state index in [-0.39, 0.29) is 10.2 Å². The molecule has 14 heavy (non-hydrogen) atoms. The molecule has 1 aliphatic heterocycles. The van der Waals surface area contributed by atoms with E-state index < -0.39 is 10.1 Å². The van der Waals surface area contributed by atoms with Crippen molar-refractivity contribution < 1.29 is 13.0 Å². The summed E-state index contributed by atoms with van der Waals surface area (Å²) in [6, 6.07) is 0. The molecule has 0 amide bonds. The van der Waals surface area contributed by atoms with Crippen LogP contribution < -0.4 is 0 Å². The maximum absolute atomic E-state index is 10.9. The van der Waals surface area contributed by atoms with Gasteiger partial charge in [-0.3, -0.25) is 9.55 Å². The fourth-order valence-corrected chi connectivity index (χ4v) is 3.27. The van der Waals surface area contributed by atoms with E-state index in [0.29, 0.717) is 6.42 Å². The summed E-state index contributed by atoms with van der Waals surface area (Å²) >= 11 is 1.53. The lowest BCUT2D eigenvalue weighted by Gasteiger charge is -2.14. The van der Waals surface area contributed by atoms with E-state index in [9.17, 15) is 8.42 Å². The van der Waals surface area contributed by atoms with Crippen LogP contribution in [0.2, 0.25) is 0 Å². The van der Waals surface area contributed by atoms with Crippen molar-refractivity contribution in [3.05, 3.63) is 22.8 Å². The van der Waals surface area contributed by atoms with Gasteiger partial charge in [-0.15, -0.1) is 11.8 Å². The number of rotatable bonds is 1. The molecule has 0 spiro atoms. The molecule has 0 aromatic carbocycles. The molecule has 0 saturated heterocycles. The van der Waals surface area contributed by atoms with Gasteiger partial charge in [-0.25, -0.2) is 0 Å². The molecule has 1 aliphatic carbocycles. The lowest BCUT2D eigenvalue weighted by atomic mass is 10.1. The van der Waals surface area contributed by atoms with Crippen LogP contribution in [0.5, 0.6) is 0 Å². The summed E-state index contributed by atoms with van der Waals surface area (Å²) in [5.74, 6) is 0. The van der Waals surface area contributed by atoms with Gasteiger partial charge in [0.25, 0.3) is 10.1 Å². The third-order valence-corrected chi connectivity index (χ3v) is 4.18. The Morgan fingerprint density at radius 3 is 2.93 bits per heavy atom. The number of allylic oxidation sites excluding steroid dienone is 3. The van der Waals surface area contributed by atoms with Crippen molar-refractivity contribution in [2.75, 3.05) is 0 Å². The van der Waals surface area contributed by atoms with E-state index in [1.807, 2.05) is 6.92 Å². The molecule has 0 bridgehead atoms. The Kier molecular flexibility index (Phi) is 2.29. The molecular formula is C8H9NO3S2. The molecular weight excluding hydrogens is 222 g/mol. The molecule has 0 radical (unpaired) electrons. The molecule has 0 aromatic heterocycles. The van der Waals surface area contributed by atoms with Crippen LogP contribution in [-0.2, 0) is 10.1 Å². The van der Waals surface area contributed by atoms with Gasteiger partial charge in [-0.05, 0) is 19.1 Å². The first-order valence-electron chi connectivity index (χ1n) is 4.07. The zero-order chi connectivity index (χ0) is 10.3. The molecule has 0 saturated carbocycles. The minimum Gasteiger partial charge on any atom is -0.282 e. The van der Waals surface area contributed by atoms with Crippen LogP contribution in [0, 0.1) is 0 Å². The molecule has 0 aromatic rings. The summed E-state index contributed by atoms with van der Waals surface area (Å²) in [5, 5.41) is 0.989. The van der Waals surface area contributed by atoms with Crippen molar-refractivity contribution in [2.45, 2.75) is 18.6 Å². The average Bonchev–Trinajstić information content (AvgIpc) is 2.41. The predicted molar refractivity (Wildman–Crippen MR) is 56.8 cm³/mol. The van der Waals surface area contributed by atoms with Gasteiger partial charge in [0.15, 0.2) is 0 Å². The van der Waals surface area contributed by atoms with Crippen molar-refractivity contribution in [3.63, 3.8) is 0 Å². The number of hydrogen-bond acceptors (Lipinski definition) is 4. The quantitative estimate of drug-likeness (QED) is 0.696. The van der Waals surface area contributed by atoms with E-state index in [1.54, 1.807) is 6.08 Å². The van der Waals surface area contributed by atoms with Crippen LogP contribution in [0.4, 0.5) is 0 Å². The molecule has 1 unspecified atom stereocenters. The maximum atomic E-state index is 10.9. The topological polar surface area (TPSA) is 66.7 Å². The van der Waals surface area contributed by atoms with Crippen LogP contribution in [0.3, 0.4) is 0 Å². The molecule has 76 valence electrons. The van der Waals surface area contributed by atoms with E-state index in [4.69, 9.17) is 4.55 Å². The van der Waals surface area contributed by atoms with Gasteiger partial charge in [0.1, 0.15) is 0 Å². The fourth-order valence-electron chi connectivity index (χ4n) is 1.46. The van der Waals surface area contributed by atoms with Gasteiger partial charge in [-0.2, -0.15) is 8.42 Å². The summed E-state index contributed by atoms with van der Waals surface area (Å²) in [7, 11) is -4.03. The Morgan fingerprint density at radius 1 is 1.57 bits per heavy atom. The van der Waals surface area contributed by atoms with Crippen molar-refractivity contribution in [3.8, 4) is 0 Å². The highest BCUT2D eigenvalue weighted by Gasteiger charge is 2.29. The van der Waals surface area contributed by atoms with Gasteiger partial charge in [0, 0.05) is 6.42 Å². The van der Waals surface area contributed by atoms with E-state index >= 15 is 0 Å². The molecule has 1 atom stereocenters. The minimum atomic E-state index is -4.03. The average molecular weight is 231 g/mol. The van der Waals surface area contributed by atoms with Crippen LogP contribution in [0.1, 0.15) is 13.3 Å².